The Bertz CT molecular complexity index is 501. The first-order valence-corrected chi connectivity index (χ1v) is 5.97. The van der Waals surface area contributed by atoms with Crippen LogP contribution < -0.4 is 5.73 Å². The molecule has 0 unspecified atom stereocenters. The first-order chi connectivity index (χ1) is 8.15. The minimum Gasteiger partial charge on any atom is -0.399 e. The number of alkyl halides is 2. The van der Waals surface area contributed by atoms with Crippen molar-refractivity contribution in [2.75, 3.05) is 18.9 Å². The van der Waals surface area contributed by atoms with Crippen molar-refractivity contribution in [2.45, 2.75) is 12.8 Å². The molecule has 0 radical (unpaired) electrons. The van der Waals surface area contributed by atoms with Crippen LogP contribution >= 0.6 is 11.3 Å². The number of nitrogen functional groups attached to an aromatic ring is 1. The number of hydrogen-bond acceptors (Lipinski definition) is 4. The van der Waals surface area contributed by atoms with Gasteiger partial charge < -0.3 is 10.5 Å². The fraction of sp³-hybridized carbons (Fsp3) is 0.364. The van der Waals surface area contributed by atoms with Crippen LogP contribution in [-0.4, -0.2) is 24.6 Å². The maximum absolute atomic E-state index is 11.8. The van der Waals surface area contributed by atoms with Crippen LogP contribution in [0.15, 0.2) is 18.2 Å². The van der Waals surface area contributed by atoms with Gasteiger partial charge in [-0.3, -0.25) is 0 Å². The predicted octanol–water partition coefficient (Wildman–Crippen LogP) is 2.70. The molecule has 0 fully saturated rings. The van der Waals surface area contributed by atoms with Crippen molar-refractivity contribution < 1.29 is 13.5 Å². The Kier molecular flexibility index (Phi) is 3.86. The Hall–Kier alpha value is -1.27. The molecule has 92 valence electrons. The maximum atomic E-state index is 11.8. The molecule has 0 aliphatic carbocycles. The van der Waals surface area contributed by atoms with Crippen molar-refractivity contribution in [3.63, 3.8) is 0 Å². The second kappa shape index (κ2) is 5.37. The molecule has 1 heterocycles. The van der Waals surface area contributed by atoms with Crippen molar-refractivity contribution in [3.8, 4) is 0 Å². The first-order valence-electron chi connectivity index (χ1n) is 5.16. The summed E-state index contributed by atoms with van der Waals surface area (Å²) < 4.78 is 29.5. The molecule has 0 amide bonds. The van der Waals surface area contributed by atoms with E-state index < -0.39 is 13.0 Å². The van der Waals surface area contributed by atoms with E-state index in [9.17, 15) is 8.78 Å². The molecular weight excluding hydrogens is 246 g/mol. The van der Waals surface area contributed by atoms with Crippen LogP contribution in [-0.2, 0) is 11.2 Å². The smallest absolute Gasteiger partial charge is 0.261 e. The van der Waals surface area contributed by atoms with Gasteiger partial charge in [-0.1, -0.05) is 0 Å². The molecule has 3 nitrogen and oxygen atoms in total. The number of hydrogen-bond donors (Lipinski definition) is 1. The number of ether oxygens (including phenoxy) is 1. The highest BCUT2D eigenvalue weighted by molar-refractivity contribution is 7.18. The van der Waals surface area contributed by atoms with E-state index in [1.54, 1.807) is 6.07 Å². The molecule has 0 saturated carbocycles. The molecule has 6 heteroatoms. The van der Waals surface area contributed by atoms with Gasteiger partial charge in [-0.2, -0.15) is 0 Å². The summed E-state index contributed by atoms with van der Waals surface area (Å²) in [6.45, 7) is -0.252. The molecular formula is C11H12F2N2OS. The third-order valence-electron chi connectivity index (χ3n) is 2.16. The quantitative estimate of drug-likeness (QED) is 0.662. The Morgan fingerprint density at radius 3 is 3.00 bits per heavy atom. The molecule has 2 rings (SSSR count). The largest absolute Gasteiger partial charge is 0.399 e. The monoisotopic (exact) mass is 258 g/mol. The molecule has 0 aliphatic heterocycles. The number of benzene rings is 1. The number of rotatable bonds is 5. The van der Waals surface area contributed by atoms with Crippen LogP contribution in [0.5, 0.6) is 0 Å². The Balaban J connectivity index is 1.95. The summed E-state index contributed by atoms with van der Waals surface area (Å²) >= 11 is 1.51. The van der Waals surface area contributed by atoms with Gasteiger partial charge in [-0.05, 0) is 18.2 Å². The van der Waals surface area contributed by atoms with Crippen LogP contribution in [0, 0.1) is 0 Å². The Labute approximate surface area is 101 Å². The number of thiazole rings is 1. The summed E-state index contributed by atoms with van der Waals surface area (Å²) in [5.41, 5.74) is 7.24. The molecule has 0 aliphatic rings. The molecule has 2 N–H and O–H groups in total. The standard InChI is InChI=1S/C11H12F2N2OS/c12-10(13)6-16-4-3-11-15-8-2-1-7(14)5-9(8)17-11/h1-2,5,10H,3-4,6,14H2. The summed E-state index contributed by atoms with van der Waals surface area (Å²) in [4.78, 5) is 4.37. The van der Waals surface area contributed by atoms with Crippen LogP contribution in [0.25, 0.3) is 10.2 Å². The van der Waals surface area contributed by atoms with Gasteiger partial charge in [0.05, 0.1) is 21.8 Å². The van der Waals surface area contributed by atoms with Crippen LogP contribution in [0.4, 0.5) is 14.5 Å². The predicted molar refractivity (Wildman–Crippen MR) is 64.6 cm³/mol. The SMILES string of the molecule is Nc1ccc2nc(CCOCC(F)F)sc2c1. The van der Waals surface area contributed by atoms with Crippen molar-refractivity contribution in [1.29, 1.82) is 0 Å². The topological polar surface area (TPSA) is 48.1 Å². The highest BCUT2D eigenvalue weighted by atomic mass is 32.1. The lowest BCUT2D eigenvalue weighted by Crippen LogP contribution is -2.06. The third-order valence-corrected chi connectivity index (χ3v) is 3.24. The van der Waals surface area contributed by atoms with E-state index in [0.717, 1.165) is 15.2 Å². The molecule has 1 aromatic heterocycles. The number of fused-ring (bicyclic) bond motifs is 1. The van der Waals surface area contributed by atoms with Crippen molar-refractivity contribution in [2.24, 2.45) is 0 Å². The second-order valence-corrected chi connectivity index (χ2v) is 4.67. The average molecular weight is 258 g/mol. The minimum atomic E-state index is -2.41. The Morgan fingerprint density at radius 2 is 2.24 bits per heavy atom. The van der Waals surface area contributed by atoms with E-state index >= 15 is 0 Å². The molecule has 0 bridgehead atoms. The Morgan fingerprint density at radius 1 is 1.41 bits per heavy atom. The van der Waals surface area contributed by atoms with Crippen molar-refractivity contribution in [1.82, 2.24) is 4.98 Å². The molecule has 17 heavy (non-hydrogen) atoms. The number of nitrogens with zero attached hydrogens (tertiary/aromatic N) is 1. The normalized spacial score (nSPS) is 11.5. The third kappa shape index (κ3) is 3.34. The second-order valence-electron chi connectivity index (χ2n) is 3.55. The van der Waals surface area contributed by atoms with E-state index in [2.05, 4.69) is 4.98 Å². The zero-order valence-electron chi connectivity index (χ0n) is 9.03. The highest BCUT2D eigenvalue weighted by Gasteiger charge is 2.05. The summed E-state index contributed by atoms with van der Waals surface area (Å²) in [5, 5.41) is 0.875. The van der Waals surface area contributed by atoms with E-state index in [1.807, 2.05) is 12.1 Å². The molecule has 0 spiro atoms. The van der Waals surface area contributed by atoms with Crippen LogP contribution in [0.1, 0.15) is 5.01 Å². The average Bonchev–Trinajstić information content (AvgIpc) is 2.66. The number of aromatic nitrogens is 1. The maximum Gasteiger partial charge on any atom is 0.261 e. The summed E-state index contributed by atoms with van der Waals surface area (Å²) in [5.74, 6) is 0. The van der Waals surface area contributed by atoms with E-state index in [1.165, 1.54) is 11.3 Å². The van der Waals surface area contributed by atoms with Crippen LogP contribution in [0.3, 0.4) is 0 Å². The van der Waals surface area contributed by atoms with Crippen molar-refractivity contribution in [3.05, 3.63) is 23.2 Å². The van der Waals surface area contributed by atoms with Gasteiger partial charge in [0.15, 0.2) is 0 Å². The van der Waals surface area contributed by atoms with Gasteiger partial charge in [0.25, 0.3) is 6.43 Å². The highest BCUT2D eigenvalue weighted by Crippen LogP contribution is 2.24. The zero-order chi connectivity index (χ0) is 12.3. The van der Waals surface area contributed by atoms with Crippen LogP contribution in [0.2, 0.25) is 0 Å². The fourth-order valence-corrected chi connectivity index (χ4v) is 2.42. The van der Waals surface area contributed by atoms with E-state index in [-0.39, 0.29) is 6.61 Å². The van der Waals surface area contributed by atoms with Gasteiger partial charge in [0.2, 0.25) is 0 Å². The van der Waals surface area contributed by atoms with E-state index in [0.29, 0.717) is 12.1 Å². The van der Waals surface area contributed by atoms with Gasteiger partial charge >= 0.3 is 0 Å². The number of nitrogens with two attached hydrogens (primary N) is 1. The van der Waals surface area contributed by atoms with E-state index in [4.69, 9.17) is 10.5 Å². The fourth-order valence-electron chi connectivity index (χ4n) is 1.43. The molecule has 1 aromatic carbocycles. The van der Waals surface area contributed by atoms with Gasteiger partial charge in [-0.25, -0.2) is 13.8 Å². The zero-order valence-corrected chi connectivity index (χ0v) is 9.84. The van der Waals surface area contributed by atoms with Gasteiger partial charge in [0.1, 0.15) is 6.61 Å². The molecule has 2 aromatic rings. The minimum absolute atomic E-state index is 0.264. The lowest BCUT2D eigenvalue weighted by atomic mass is 10.3. The lowest BCUT2D eigenvalue weighted by Gasteiger charge is -2.00. The summed E-state index contributed by atoms with van der Waals surface area (Å²) in [6.07, 6.45) is -1.86. The molecule has 0 saturated heterocycles. The van der Waals surface area contributed by atoms with Gasteiger partial charge in [-0.15, -0.1) is 11.3 Å². The molecule has 0 atom stereocenters. The first kappa shape index (κ1) is 12.2. The van der Waals surface area contributed by atoms with Gasteiger partial charge in [0, 0.05) is 12.1 Å². The lowest BCUT2D eigenvalue weighted by molar-refractivity contribution is 0.0187. The number of halogens is 2. The van der Waals surface area contributed by atoms with Crippen molar-refractivity contribution >= 4 is 27.2 Å². The summed E-state index contributed by atoms with van der Waals surface area (Å²) in [6, 6.07) is 5.50. The summed E-state index contributed by atoms with van der Waals surface area (Å²) in [7, 11) is 0. The number of anilines is 1.